The molecule has 88 valence electrons. The fourth-order valence-electron chi connectivity index (χ4n) is 1.31. The molecule has 0 atom stereocenters. The van der Waals surface area contributed by atoms with E-state index in [4.69, 9.17) is 17.0 Å². The average Bonchev–Trinajstić information content (AvgIpc) is 2.25. The summed E-state index contributed by atoms with van der Waals surface area (Å²) < 4.78 is 9.83. The third-order valence-corrected chi connectivity index (χ3v) is 2.39. The van der Waals surface area contributed by atoms with Gasteiger partial charge in [-0.2, -0.15) is 0 Å². The molecule has 1 heterocycles. The first-order valence-electron chi connectivity index (χ1n) is 4.77. The topological polar surface area (TPSA) is 64.2 Å². The molecule has 0 saturated heterocycles. The van der Waals surface area contributed by atoms with Crippen LogP contribution in [-0.4, -0.2) is 36.8 Å². The number of carbonyl (C=O) groups is 1. The molecule has 0 fully saturated rings. The third-order valence-electron chi connectivity index (χ3n) is 2.09. The van der Waals surface area contributed by atoms with Gasteiger partial charge >= 0.3 is 5.97 Å². The molecule has 0 aromatic carbocycles. The Morgan fingerprint density at radius 1 is 1.50 bits per heavy atom. The highest BCUT2D eigenvalue weighted by atomic mass is 32.1. The molecule has 6 heteroatoms. The van der Waals surface area contributed by atoms with E-state index in [1.165, 1.54) is 7.11 Å². The van der Waals surface area contributed by atoms with Crippen molar-refractivity contribution < 1.29 is 14.3 Å². The Hall–Kier alpha value is -1.27. The number of esters is 1. The summed E-state index contributed by atoms with van der Waals surface area (Å²) in [6.07, 6.45) is 0.627. The largest absolute Gasteiger partial charge is 0.465 e. The molecule has 0 spiro atoms. The predicted molar refractivity (Wildman–Crippen MR) is 61.1 cm³/mol. The van der Waals surface area contributed by atoms with Gasteiger partial charge in [0, 0.05) is 19.2 Å². The van der Waals surface area contributed by atoms with E-state index in [1.807, 2.05) is 0 Å². The van der Waals surface area contributed by atoms with E-state index in [2.05, 4.69) is 14.7 Å². The van der Waals surface area contributed by atoms with Crippen molar-refractivity contribution >= 4 is 18.2 Å². The zero-order valence-corrected chi connectivity index (χ0v) is 10.3. The Balaban J connectivity index is 3.08. The van der Waals surface area contributed by atoms with Crippen molar-refractivity contribution in [2.45, 2.75) is 13.3 Å². The highest BCUT2D eigenvalue weighted by Crippen LogP contribution is 2.08. The summed E-state index contributed by atoms with van der Waals surface area (Å²) in [4.78, 5) is 18.5. The zero-order chi connectivity index (χ0) is 12.1. The van der Waals surface area contributed by atoms with Crippen molar-refractivity contribution in [1.29, 1.82) is 0 Å². The van der Waals surface area contributed by atoms with Crippen LogP contribution in [0.15, 0.2) is 0 Å². The van der Waals surface area contributed by atoms with Gasteiger partial charge in [0.15, 0.2) is 0 Å². The lowest BCUT2D eigenvalue weighted by molar-refractivity contribution is 0.0598. The van der Waals surface area contributed by atoms with Gasteiger partial charge in [-0.3, -0.25) is 0 Å². The van der Waals surface area contributed by atoms with Gasteiger partial charge in [-0.1, -0.05) is 12.2 Å². The number of nitrogens with zero attached hydrogens (tertiary/aromatic N) is 1. The molecule has 0 amide bonds. The summed E-state index contributed by atoms with van der Waals surface area (Å²) in [5.74, 6) is 0.238. The lowest BCUT2D eigenvalue weighted by atomic mass is 10.2. The Kier molecular flexibility index (Phi) is 4.57. The van der Waals surface area contributed by atoms with Crippen LogP contribution < -0.4 is 0 Å². The summed E-state index contributed by atoms with van der Waals surface area (Å²) in [7, 11) is 2.93. The van der Waals surface area contributed by atoms with Crippen molar-refractivity contribution in [3.05, 3.63) is 21.7 Å². The van der Waals surface area contributed by atoms with Crippen LogP contribution in [0.5, 0.6) is 0 Å². The van der Waals surface area contributed by atoms with E-state index >= 15 is 0 Å². The standard InChI is InChI=1S/C10H14N2O3S/c1-6-8(10(13)15-3)9(16)12-7(11-6)4-5-14-2/h4-5H2,1-3H3,(H,11,12,16). The van der Waals surface area contributed by atoms with Crippen LogP contribution in [-0.2, 0) is 15.9 Å². The van der Waals surface area contributed by atoms with Gasteiger partial charge < -0.3 is 14.5 Å². The van der Waals surface area contributed by atoms with Gasteiger partial charge in [-0.05, 0) is 6.92 Å². The van der Waals surface area contributed by atoms with Crippen LogP contribution in [0, 0.1) is 11.6 Å². The monoisotopic (exact) mass is 242 g/mol. The first-order valence-corrected chi connectivity index (χ1v) is 5.18. The van der Waals surface area contributed by atoms with Gasteiger partial charge in [0.2, 0.25) is 0 Å². The second-order valence-corrected chi connectivity index (χ2v) is 3.61. The molecule has 16 heavy (non-hydrogen) atoms. The number of ether oxygens (including phenoxy) is 2. The molecule has 1 rings (SSSR count). The molecule has 0 bridgehead atoms. The normalized spacial score (nSPS) is 10.2. The maximum Gasteiger partial charge on any atom is 0.342 e. The van der Waals surface area contributed by atoms with Gasteiger partial charge in [-0.25, -0.2) is 9.78 Å². The predicted octanol–water partition coefficient (Wildman–Crippen LogP) is 1.42. The average molecular weight is 242 g/mol. The number of nitrogens with one attached hydrogen (secondary N) is 1. The number of hydrogen-bond donors (Lipinski definition) is 1. The van der Waals surface area contributed by atoms with Crippen molar-refractivity contribution in [3.8, 4) is 0 Å². The fourth-order valence-corrected chi connectivity index (χ4v) is 1.65. The van der Waals surface area contributed by atoms with E-state index in [1.54, 1.807) is 14.0 Å². The molecular weight excluding hydrogens is 228 g/mol. The molecule has 5 nitrogen and oxygen atoms in total. The maximum atomic E-state index is 11.4. The lowest BCUT2D eigenvalue weighted by Crippen LogP contribution is -2.11. The molecule has 0 saturated carbocycles. The molecule has 1 aromatic heterocycles. The molecule has 0 aliphatic rings. The number of rotatable bonds is 4. The van der Waals surface area contributed by atoms with E-state index in [-0.39, 0.29) is 4.64 Å². The van der Waals surface area contributed by atoms with Crippen LogP contribution in [0.1, 0.15) is 21.9 Å². The number of methoxy groups -OCH3 is 2. The molecule has 0 aliphatic carbocycles. The van der Waals surface area contributed by atoms with Crippen LogP contribution in [0.25, 0.3) is 0 Å². The second-order valence-electron chi connectivity index (χ2n) is 3.22. The Labute approximate surface area is 98.8 Å². The van der Waals surface area contributed by atoms with Crippen LogP contribution in [0.3, 0.4) is 0 Å². The summed E-state index contributed by atoms with van der Waals surface area (Å²) >= 11 is 5.05. The first kappa shape index (κ1) is 12.8. The minimum Gasteiger partial charge on any atom is -0.465 e. The Morgan fingerprint density at radius 2 is 2.19 bits per heavy atom. The lowest BCUT2D eigenvalue weighted by Gasteiger charge is -2.07. The van der Waals surface area contributed by atoms with Gasteiger partial charge in [0.25, 0.3) is 0 Å². The number of hydrogen-bond acceptors (Lipinski definition) is 5. The minimum absolute atomic E-state index is 0.259. The van der Waals surface area contributed by atoms with Crippen LogP contribution in [0.4, 0.5) is 0 Å². The molecule has 0 radical (unpaired) electrons. The van der Waals surface area contributed by atoms with Gasteiger partial charge in [0.05, 0.1) is 13.7 Å². The highest BCUT2D eigenvalue weighted by molar-refractivity contribution is 7.71. The van der Waals surface area contributed by atoms with Crippen LogP contribution in [0.2, 0.25) is 0 Å². The van der Waals surface area contributed by atoms with E-state index in [9.17, 15) is 4.79 Å². The number of aromatic amines is 1. The Bertz CT molecular complexity index is 442. The van der Waals surface area contributed by atoms with Crippen molar-refractivity contribution in [1.82, 2.24) is 9.97 Å². The summed E-state index contributed by atoms with van der Waals surface area (Å²) in [6, 6.07) is 0. The molecule has 1 N–H and O–H groups in total. The molecule has 0 aliphatic heterocycles. The van der Waals surface area contributed by atoms with E-state index < -0.39 is 5.97 Å². The number of aromatic nitrogens is 2. The van der Waals surface area contributed by atoms with Gasteiger partial charge in [-0.15, -0.1) is 0 Å². The number of H-pyrrole nitrogens is 1. The first-order chi connectivity index (χ1) is 7.60. The third kappa shape index (κ3) is 2.86. The summed E-state index contributed by atoms with van der Waals surface area (Å²) in [5, 5.41) is 0. The van der Waals surface area contributed by atoms with Crippen molar-refractivity contribution in [2.24, 2.45) is 0 Å². The zero-order valence-electron chi connectivity index (χ0n) is 9.49. The maximum absolute atomic E-state index is 11.4. The molecule has 1 aromatic rings. The van der Waals surface area contributed by atoms with E-state index in [0.29, 0.717) is 30.1 Å². The molecule has 0 unspecified atom stereocenters. The summed E-state index contributed by atoms with van der Waals surface area (Å²) in [6.45, 7) is 2.31. The SMILES string of the molecule is COCCc1nc(=S)c(C(=O)OC)c(C)[nH]1. The molecular formula is C10H14N2O3S. The minimum atomic E-state index is -0.468. The smallest absolute Gasteiger partial charge is 0.342 e. The van der Waals surface area contributed by atoms with Crippen molar-refractivity contribution in [2.75, 3.05) is 20.8 Å². The van der Waals surface area contributed by atoms with Gasteiger partial charge in [0.1, 0.15) is 16.0 Å². The summed E-state index contributed by atoms with van der Waals surface area (Å²) in [5.41, 5.74) is 0.983. The van der Waals surface area contributed by atoms with Crippen LogP contribution >= 0.6 is 12.2 Å². The number of carbonyl (C=O) groups excluding carboxylic acids is 1. The Morgan fingerprint density at radius 3 is 2.69 bits per heavy atom. The second kappa shape index (κ2) is 5.72. The van der Waals surface area contributed by atoms with E-state index in [0.717, 1.165) is 0 Å². The van der Waals surface area contributed by atoms with Crippen molar-refractivity contribution in [3.63, 3.8) is 0 Å². The highest BCUT2D eigenvalue weighted by Gasteiger charge is 2.13. The quantitative estimate of drug-likeness (QED) is 0.639. The fraction of sp³-hybridized carbons (Fsp3) is 0.500. The number of aryl methyl sites for hydroxylation is 1.